The second-order valence-corrected chi connectivity index (χ2v) is 8.32. The van der Waals surface area contributed by atoms with E-state index in [1.54, 1.807) is 12.1 Å². The van der Waals surface area contributed by atoms with Gasteiger partial charge in [0, 0.05) is 11.3 Å². The van der Waals surface area contributed by atoms with E-state index < -0.39 is 23.5 Å². The topological polar surface area (TPSA) is 57.6 Å². The predicted molar refractivity (Wildman–Crippen MR) is 128 cm³/mol. The van der Waals surface area contributed by atoms with E-state index in [2.05, 4.69) is 0 Å². The number of aliphatic hydroxyl groups excluding tert-OH is 1. The van der Waals surface area contributed by atoms with Crippen LogP contribution in [0.25, 0.3) is 5.76 Å². The molecule has 0 saturated carbocycles. The number of hydrogen-bond donors (Lipinski definition) is 1. The van der Waals surface area contributed by atoms with Crippen LogP contribution in [-0.4, -0.2) is 16.8 Å². The Labute approximate surface area is 196 Å². The molecule has 3 aromatic rings. The van der Waals surface area contributed by atoms with Crippen molar-refractivity contribution in [3.8, 4) is 0 Å². The lowest BCUT2D eigenvalue weighted by Crippen LogP contribution is -2.29. The summed E-state index contributed by atoms with van der Waals surface area (Å²) in [4.78, 5) is 27.6. The van der Waals surface area contributed by atoms with Gasteiger partial charge < -0.3 is 5.11 Å². The molecule has 0 radical (unpaired) electrons. The van der Waals surface area contributed by atoms with Crippen molar-refractivity contribution in [1.82, 2.24) is 0 Å². The van der Waals surface area contributed by atoms with Crippen LogP contribution >= 0.6 is 11.6 Å². The second-order valence-electron chi connectivity index (χ2n) is 7.91. The third-order valence-corrected chi connectivity index (χ3v) is 6.25. The second kappa shape index (κ2) is 9.20. The Balaban J connectivity index is 1.92. The highest BCUT2D eigenvalue weighted by Gasteiger charge is 2.47. The lowest BCUT2D eigenvalue weighted by Gasteiger charge is -2.26. The van der Waals surface area contributed by atoms with Crippen molar-refractivity contribution in [3.63, 3.8) is 0 Å². The number of Topliss-reactive ketones (excluding diaryl/α,β-unsaturated/α-hetero) is 1. The van der Waals surface area contributed by atoms with Crippen LogP contribution in [-0.2, 0) is 22.4 Å². The average Bonchev–Trinajstić information content (AvgIpc) is 3.11. The lowest BCUT2D eigenvalue weighted by molar-refractivity contribution is -0.132. The molecule has 33 heavy (non-hydrogen) atoms. The van der Waals surface area contributed by atoms with Gasteiger partial charge in [0.25, 0.3) is 11.7 Å². The van der Waals surface area contributed by atoms with Crippen LogP contribution in [0.2, 0.25) is 5.02 Å². The molecule has 4 nitrogen and oxygen atoms in total. The third kappa shape index (κ3) is 4.16. The molecule has 4 rings (SSSR count). The first-order valence-corrected chi connectivity index (χ1v) is 11.2. The van der Waals surface area contributed by atoms with E-state index in [4.69, 9.17) is 11.6 Å². The largest absolute Gasteiger partial charge is 0.507 e. The van der Waals surface area contributed by atoms with Crippen molar-refractivity contribution in [1.29, 1.82) is 0 Å². The SMILES string of the molecule is CCc1ccc(/C(O)=C2\C(=O)C(=O)N(c3ccc(F)c(Cl)c3)C2c2ccc(CC)cc2)cc1. The number of rotatable bonds is 5. The molecule has 1 atom stereocenters. The Morgan fingerprint density at radius 2 is 1.52 bits per heavy atom. The maximum atomic E-state index is 13.8. The number of halogens is 2. The molecule has 6 heteroatoms. The van der Waals surface area contributed by atoms with Crippen LogP contribution in [0.1, 0.15) is 42.1 Å². The molecule has 0 bridgehead atoms. The fourth-order valence-electron chi connectivity index (χ4n) is 4.04. The molecule has 1 aliphatic heterocycles. The van der Waals surface area contributed by atoms with Gasteiger partial charge in [0.05, 0.1) is 16.6 Å². The van der Waals surface area contributed by atoms with Gasteiger partial charge in [0.15, 0.2) is 0 Å². The molecule has 1 aliphatic rings. The number of carbonyl (C=O) groups excluding carboxylic acids is 2. The number of aryl methyl sites for hydroxylation is 2. The number of benzene rings is 3. The highest BCUT2D eigenvalue weighted by Crippen LogP contribution is 2.42. The summed E-state index contributed by atoms with van der Waals surface area (Å²) >= 11 is 5.97. The molecule has 1 fully saturated rings. The number of aliphatic hydroxyl groups is 1. The molecular weight excluding hydrogens is 441 g/mol. The van der Waals surface area contributed by atoms with E-state index in [0.717, 1.165) is 30.0 Å². The average molecular weight is 464 g/mol. The maximum absolute atomic E-state index is 13.8. The summed E-state index contributed by atoms with van der Waals surface area (Å²) < 4.78 is 13.8. The summed E-state index contributed by atoms with van der Waals surface area (Å²) in [5.74, 6) is -2.50. The van der Waals surface area contributed by atoms with E-state index in [1.807, 2.05) is 50.2 Å². The minimum Gasteiger partial charge on any atom is -0.507 e. The van der Waals surface area contributed by atoms with Gasteiger partial charge >= 0.3 is 0 Å². The molecule has 1 heterocycles. The smallest absolute Gasteiger partial charge is 0.300 e. The normalized spacial score (nSPS) is 17.6. The Bertz CT molecular complexity index is 1250. The molecule has 1 unspecified atom stereocenters. The molecule has 1 N–H and O–H groups in total. The number of hydrogen-bond acceptors (Lipinski definition) is 3. The lowest BCUT2D eigenvalue weighted by atomic mass is 9.94. The van der Waals surface area contributed by atoms with Gasteiger partial charge in [-0.2, -0.15) is 0 Å². The quantitative estimate of drug-likeness (QED) is 0.277. The summed E-state index contributed by atoms with van der Waals surface area (Å²) in [6.07, 6.45) is 1.67. The van der Waals surface area contributed by atoms with Gasteiger partial charge in [-0.15, -0.1) is 0 Å². The molecule has 0 spiro atoms. The molecule has 0 aromatic heterocycles. The Hall–Kier alpha value is -3.44. The third-order valence-electron chi connectivity index (χ3n) is 5.97. The number of anilines is 1. The fourth-order valence-corrected chi connectivity index (χ4v) is 4.21. The van der Waals surface area contributed by atoms with Crippen molar-refractivity contribution in [2.75, 3.05) is 4.90 Å². The molecule has 1 saturated heterocycles. The highest BCUT2D eigenvalue weighted by molar-refractivity contribution is 6.51. The first-order chi connectivity index (χ1) is 15.8. The van der Waals surface area contributed by atoms with E-state index >= 15 is 0 Å². The van der Waals surface area contributed by atoms with Crippen molar-refractivity contribution < 1.29 is 19.1 Å². The van der Waals surface area contributed by atoms with Gasteiger partial charge in [-0.25, -0.2) is 4.39 Å². The summed E-state index contributed by atoms with van der Waals surface area (Å²) in [7, 11) is 0. The van der Waals surface area contributed by atoms with Crippen LogP contribution in [0.3, 0.4) is 0 Å². The van der Waals surface area contributed by atoms with Crippen LogP contribution in [0.5, 0.6) is 0 Å². The first-order valence-electron chi connectivity index (χ1n) is 10.8. The van der Waals surface area contributed by atoms with Gasteiger partial charge in [0.2, 0.25) is 0 Å². The van der Waals surface area contributed by atoms with E-state index in [0.29, 0.717) is 11.1 Å². The number of carbonyl (C=O) groups is 2. The summed E-state index contributed by atoms with van der Waals surface area (Å²) in [6.45, 7) is 4.05. The maximum Gasteiger partial charge on any atom is 0.300 e. The first kappa shape index (κ1) is 22.7. The van der Waals surface area contributed by atoms with Crippen molar-refractivity contribution in [2.24, 2.45) is 0 Å². The zero-order chi connectivity index (χ0) is 23.7. The monoisotopic (exact) mass is 463 g/mol. The summed E-state index contributed by atoms with van der Waals surface area (Å²) in [5.41, 5.74) is 3.52. The van der Waals surface area contributed by atoms with Crippen molar-refractivity contribution >= 4 is 34.7 Å². The zero-order valence-corrected chi connectivity index (χ0v) is 19.1. The van der Waals surface area contributed by atoms with Crippen LogP contribution < -0.4 is 4.90 Å². The Morgan fingerprint density at radius 1 is 0.939 bits per heavy atom. The van der Waals surface area contributed by atoms with E-state index in [1.165, 1.54) is 17.0 Å². The standard InChI is InChI=1S/C27H23ClFNO3/c1-3-16-5-9-18(10-6-16)24-23(25(31)19-11-7-17(4-2)8-12-19)26(32)27(33)30(24)20-13-14-22(29)21(28)15-20/h5-15,24,31H,3-4H2,1-2H3/b25-23+. The molecule has 1 amide bonds. The molecule has 3 aromatic carbocycles. The minimum absolute atomic E-state index is 0.0195. The van der Waals surface area contributed by atoms with Gasteiger partial charge in [-0.3, -0.25) is 14.5 Å². The Morgan fingerprint density at radius 3 is 2.06 bits per heavy atom. The fraction of sp³-hybridized carbons (Fsp3) is 0.185. The zero-order valence-electron chi connectivity index (χ0n) is 18.3. The van der Waals surface area contributed by atoms with Gasteiger partial charge in [0.1, 0.15) is 11.6 Å². The molecule has 168 valence electrons. The van der Waals surface area contributed by atoms with Crippen LogP contribution in [0.15, 0.2) is 72.3 Å². The van der Waals surface area contributed by atoms with E-state index in [9.17, 15) is 19.1 Å². The number of amides is 1. The molecule has 0 aliphatic carbocycles. The highest BCUT2D eigenvalue weighted by atomic mass is 35.5. The van der Waals surface area contributed by atoms with Crippen molar-refractivity contribution in [2.45, 2.75) is 32.7 Å². The summed E-state index contributed by atoms with van der Waals surface area (Å²) in [6, 6.07) is 17.7. The number of nitrogens with zero attached hydrogens (tertiary/aromatic N) is 1. The van der Waals surface area contributed by atoms with Crippen LogP contribution in [0, 0.1) is 5.82 Å². The molecular formula is C27H23ClFNO3. The Kier molecular flexibility index (Phi) is 6.34. The van der Waals surface area contributed by atoms with Crippen LogP contribution in [0.4, 0.5) is 10.1 Å². The predicted octanol–water partition coefficient (Wildman–Crippen LogP) is 6.23. The summed E-state index contributed by atoms with van der Waals surface area (Å²) in [5, 5.41) is 11.0. The van der Waals surface area contributed by atoms with Crippen molar-refractivity contribution in [3.05, 3.63) is 105 Å². The van der Waals surface area contributed by atoms with Gasteiger partial charge in [-0.1, -0.05) is 74.0 Å². The van der Waals surface area contributed by atoms with Gasteiger partial charge in [-0.05, 0) is 47.7 Å². The minimum atomic E-state index is -0.886. The van der Waals surface area contributed by atoms with E-state index in [-0.39, 0.29) is 22.0 Å². The number of ketones is 1.